The number of carbonyl (C=O) groups is 2. The number of carboxylic acids is 1. The molecule has 0 spiro atoms. The van der Waals surface area contributed by atoms with Gasteiger partial charge in [0, 0.05) is 23.9 Å². The topological polar surface area (TPSA) is 66.8 Å². The first-order valence-electron chi connectivity index (χ1n) is 6.35. The lowest BCUT2D eigenvalue weighted by molar-refractivity contribution is -0.143. The summed E-state index contributed by atoms with van der Waals surface area (Å²) in [7, 11) is 1.61. The van der Waals surface area contributed by atoms with Crippen LogP contribution in [0.4, 0.5) is 0 Å². The fourth-order valence-electron chi connectivity index (χ4n) is 2.06. The predicted molar refractivity (Wildman–Crippen MR) is 76.0 cm³/mol. The number of methoxy groups -OCH3 is 1. The lowest BCUT2D eigenvalue weighted by Gasteiger charge is -2.38. The molecule has 6 heteroatoms. The molecule has 2 rings (SSSR count). The first-order valence-corrected chi connectivity index (χ1v) is 7.33. The first kappa shape index (κ1) is 14.7. The number of hydrogen-bond donors (Lipinski definition) is 1. The molecule has 108 valence electrons. The zero-order valence-corrected chi connectivity index (χ0v) is 12.1. The van der Waals surface area contributed by atoms with E-state index in [0.717, 1.165) is 10.6 Å². The van der Waals surface area contributed by atoms with E-state index in [0.29, 0.717) is 18.8 Å². The number of rotatable bonds is 6. The molecule has 5 nitrogen and oxygen atoms in total. The Hall–Kier alpha value is -1.69. The number of nitrogens with zero attached hydrogens (tertiary/aromatic N) is 1. The summed E-state index contributed by atoms with van der Waals surface area (Å²) in [5.41, 5.74) is 0. The quantitative estimate of drug-likeness (QED) is 0.809. The number of benzene rings is 1. The van der Waals surface area contributed by atoms with E-state index >= 15 is 0 Å². The van der Waals surface area contributed by atoms with Crippen molar-refractivity contribution in [2.24, 2.45) is 5.92 Å². The number of thioether (sulfide) groups is 1. The average Bonchev–Trinajstić information content (AvgIpc) is 2.40. The van der Waals surface area contributed by atoms with E-state index in [4.69, 9.17) is 9.84 Å². The second kappa shape index (κ2) is 6.65. The fourth-order valence-corrected chi connectivity index (χ4v) is 2.86. The van der Waals surface area contributed by atoms with Crippen molar-refractivity contribution in [2.45, 2.75) is 11.3 Å². The van der Waals surface area contributed by atoms with Crippen LogP contribution in [0.3, 0.4) is 0 Å². The average molecular weight is 295 g/mol. The van der Waals surface area contributed by atoms with E-state index in [1.165, 1.54) is 11.8 Å². The summed E-state index contributed by atoms with van der Waals surface area (Å²) in [5, 5.41) is 8.65. The molecule has 1 aliphatic rings. The molecule has 0 bridgehead atoms. The van der Waals surface area contributed by atoms with Gasteiger partial charge in [-0.15, -0.1) is 11.8 Å². The number of amides is 1. The monoisotopic (exact) mass is 295 g/mol. The Balaban J connectivity index is 1.72. The summed E-state index contributed by atoms with van der Waals surface area (Å²) in [6, 6.07) is 7.55. The highest BCUT2D eigenvalue weighted by molar-refractivity contribution is 8.00. The summed E-state index contributed by atoms with van der Waals surface area (Å²) >= 11 is 1.48. The molecule has 0 saturated carbocycles. The molecule has 1 fully saturated rings. The minimum Gasteiger partial charge on any atom is -0.497 e. The molecule has 0 radical (unpaired) electrons. The Morgan fingerprint density at radius 2 is 2.00 bits per heavy atom. The highest BCUT2D eigenvalue weighted by atomic mass is 32.2. The Labute approximate surface area is 121 Å². The van der Waals surface area contributed by atoms with Crippen LogP contribution >= 0.6 is 11.8 Å². The van der Waals surface area contributed by atoms with Gasteiger partial charge in [-0.3, -0.25) is 9.59 Å². The maximum Gasteiger partial charge on any atom is 0.303 e. The second-order valence-electron chi connectivity index (χ2n) is 4.73. The van der Waals surface area contributed by atoms with Gasteiger partial charge in [0.25, 0.3) is 0 Å². The molecule has 1 saturated heterocycles. The molecule has 1 aromatic carbocycles. The van der Waals surface area contributed by atoms with Crippen molar-refractivity contribution < 1.29 is 19.4 Å². The third kappa shape index (κ3) is 3.90. The van der Waals surface area contributed by atoms with E-state index in [1.807, 2.05) is 24.3 Å². The summed E-state index contributed by atoms with van der Waals surface area (Å²) in [4.78, 5) is 25.1. The van der Waals surface area contributed by atoms with E-state index in [1.54, 1.807) is 12.0 Å². The fraction of sp³-hybridized carbons (Fsp3) is 0.429. The molecule has 1 N–H and O–H groups in total. The molecule has 0 aliphatic carbocycles. The third-order valence-electron chi connectivity index (χ3n) is 3.19. The van der Waals surface area contributed by atoms with Crippen molar-refractivity contribution in [3.8, 4) is 5.75 Å². The SMILES string of the molecule is COc1ccc(SCC(=O)N2CC(CC(=O)O)C2)cc1. The van der Waals surface area contributed by atoms with Gasteiger partial charge in [0.05, 0.1) is 19.3 Å². The van der Waals surface area contributed by atoms with Gasteiger partial charge in [0.2, 0.25) is 5.91 Å². The van der Waals surface area contributed by atoms with E-state index in [2.05, 4.69) is 0 Å². The molecule has 0 atom stereocenters. The Morgan fingerprint density at radius 3 is 2.55 bits per heavy atom. The second-order valence-corrected chi connectivity index (χ2v) is 5.78. The summed E-state index contributed by atoms with van der Waals surface area (Å²) in [5.74, 6) is 0.552. The van der Waals surface area contributed by atoms with Gasteiger partial charge in [-0.05, 0) is 24.3 Å². The molecule has 1 amide bonds. The van der Waals surface area contributed by atoms with E-state index in [-0.39, 0.29) is 18.2 Å². The molecule has 1 aromatic rings. The Kier molecular flexibility index (Phi) is 4.89. The molecule has 0 aromatic heterocycles. The van der Waals surface area contributed by atoms with Crippen LogP contribution in [-0.2, 0) is 9.59 Å². The zero-order chi connectivity index (χ0) is 14.5. The minimum absolute atomic E-state index is 0.0625. The van der Waals surface area contributed by atoms with Crippen LogP contribution in [0.25, 0.3) is 0 Å². The van der Waals surface area contributed by atoms with Crippen molar-refractivity contribution in [2.75, 3.05) is 26.0 Å². The van der Waals surface area contributed by atoms with Gasteiger partial charge < -0.3 is 14.7 Å². The first-order chi connectivity index (χ1) is 9.58. The van der Waals surface area contributed by atoms with Crippen LogP contribution in [0.1, 0.15) is 6.42 Å². The van der Waals surface area contributed by atoms with Crippen LogP contribution in [0.5, 0.6) is 5.75 Å². The van der Waals surface area contributed by atoms with Gasteiger partial charge in [-0.25, -0.2) is 0 Å². The van der Waals surface area contributed by atoms with Crippen molar-refractivity contribution in [1.82, 2.24) is 4.90 Å². The number of likely N-dealkylation sites (tertiary alicyclic amines) is 1. The third-order valence-corrected chi connectivity index (χ3v) is 4.19. The highest BCUT2D eigenvalue weighted by Gasteiger charge is 2.31. The lowest BCUT2D eigenvalue weighted by Crippen LogP contribution is -2.51. The van der Waals surface area contributed by atoms with Gasteiger partial charge in [-0.1, -0.05) is 0 Å². The van der Waals surface area contributed by atoms with Crippen molar-refractivity contribution in [3.63, 3.8) is 0 Å². The van der Waals surface area contributed by atoms with Gasteiger partial charge in [-0.2, -0.15) is 0 Å². The van der Waals surface area contributed by atoms with Crippen LogP contribution < -0.4 is 4.74 Å². The molecule has 0 unspecified atom stereocenters. The molecular weight excluding hydrogens is 278 g/mol. The Bertz CT molecular complexity index is 482. The maximum atomic E-state index is 11.9. The van der Waals surface area contributed by atoms with Crippen LogP contribution in [0.2, 0.25) is 0 Å². The van der Waals surface area contributed by atoms with Crippen LogP contribution in [0.15, 0.2) is 29.2 Å². The standard InChI is InChI=1S/C14H17NO4S/c1-19-11-2-4-12(5-3-11)20-9-13(16)15-7-10(8-15)6-14(17)18/h2-5,10H,6-9H2,1H3,(H,17,18). The van der Waals surface area contributed by atoms with Crippen molar-refractivity contribution in [1.29, 1.82) is 0 Å². The molecule has 1 heterocycles. The highest BCUT2D eigenvalue weighted by Crippen LogP contribution is 2.24. The lowest BCUT2D eigenvalue weighted by atomic mass is 9.96. The number of hydrogen-bond acceptors (Lipinski definition) is 4. The van der Waals surface area contributed by atoms with Gasteiger partial charge >= 0.3 is 5.97 Å². The zero-order valence-electron chi connectivity index (χ0n) is 11.2. The number of carbonyl (C=O) groups excluding carboxylic acids is 1. The van der Waals surface area contributed by atoms with Crippen LogP contribution in [0, 0.1) is 5.92 Å². The number of aliphatic carboxylic acids is 1. The molecule has 1 aliphatic heterocycles. The van der Waals surface area contributed by atoms with Gasteiger partial charge in [0.15, 0.2) is 0 Å². The summed E-state index contributed by atoms with van der Waals surface area (Å²) < 4.78 is 5.07. The normalized spacial score (nSPS) is 14.8. The van der Waals surface area contributed by atoms with E-state index in [9.17, 15) is 9.59 Å². The summed E-state index contributed by atoms with van der Waals surface area (Å²) in [6.07, 6.45) is 0.148. The Morgan fingerprint density at radius 1 is 1.35 bits per heavy atom. The predicted octanol–water partition coefficient (Wildman–Crippen LogP) is 1.72. The largest absolute Gasteiger partial charge is 0.497 e. The maximum absolute atomic E-state index is 11.9. The van der Waals surface area contributed by atoms with Crippen molar-refractivity contribution in [3.05, 3.63) is 24.3 Å². The number of ether oxygens (including phenoxy) is 1. The number of carboxylic acid groups (broad SMARTS) is 1. The molecule has 20 heavy (non-hydrogen) atoms. The van der Waals surface area contributed by atoms with E-state index < -0.39 is 5.97 Å². The minimum atomic E-state index is -0.797. The summed E-state index contributed by atoms with van der Waals surface area (Å²) in [6.45, 7) is 1.13. The molecular formula is C14H17NO4S. The van der Waals surface area contributed by atoms with Gasteiger partial charge in [0.1, 0.15) is 5.75 Å². The van der Waals surface area contributed by atoms with Crippen LogP contribution in [-0.4, -0.2) is 47.8 Å². The smallest absolute Gasteiger partial charge is 0.303 e. The van der Waals surface area contributed by atoms with Crippen molar-refractivity contribution >= 4 is 23.6 Å².